The summed E-state index contributed by atoms with van der Waals surface area (Å²) in [6, 6.07) is 1.52. The molecule has 1 aliphatic rings. The van der Waals surface area contributed by atoms with Gasteiger partial charge in [-0.15, -0.1) is 0 Å². The first kappa shape index (κ1) is 17.6. The van der Waals surface area contributed by atoms with Gasteiger partial charge in [-0.1, -0.05) is 5.16 Å². The number of amides is 1. The summed E-state index contributed by atoms with van der Waals surface area (Å²) < 4.78 is 7.15. The zero-order valence-corrected chi connectivity index (χ0v) is 15.1. The highest BCUT2D eigenvalue weighted by Crippen LogP contribution is 2.12. The van der Waals surface area contributed by atoms with Crippen LogP contribution in [0.4, 0.5) is 5.82 Å². The molecule has 0 bridgehead atoms. The van der Waals surface area contributed by atoms with Gasteiger partial charge >= 0.3 is 0 Å². The predicted octanol–water partition coefficient (Wildman–Crippen LogP) is 1.34. The SMILES string of the molecule is CCn1ccnc1CN1CCN([C@H](C)C(=O)Nc2cc(C)on2)CC1. The van der Waals surface area contributed by atoms with Gasteiger partial charge in [0.05, 0.1) is 12.6 Å². The van der Waals surface area contributed by atoms with Crippen molar-refractivity contribution in [2.24, 2.45) is 0 Å². The molecular weight excluding hydrogens is 320 g/mol. The molecule has 3 rings (SSSR count). The maximum Gasteiger partial charge on any atom is 0.242 e. The Balaban J connectivity index is 1.48. The van der Waals surface area contributed by atoms with Crippen LogP contribution in [0.1, 0.15) is 25.4 Å². The summed E-state index contributed by atoms with van der Waals surface area (Å²) in [6.45, 7) is 11.2. The first-order valence-corrected chi connectivity index (χ1v) is 8.77. The van der Waals surface area contributed by atoms with Crippen LogP contribution in [0.2, 0.25) is 0 Å². The van der Waals surface area contributed by atoms with Crippen molar-refractivity contribution >= 4 is 11.7 Å². The fourth-order valence-corrected chi connectivity index (χ4v) is 3.11. The number of aryl methyl sites for hydroxylation is 2. The van der Waals surface area contributed by atoms with Crippen LogP contribution in [0.5, 0.6) is 0 Å². The molecule has 136 valence electrons. The average molecular weight is 346 g/mol. The van der Waals surface area contributed by atoms with Crippen LogP contribution >= 0.6 is 0 Å². The van der Waals surface area contributed by atoms with E-state index in [1.165, 1.54) is 0 Å². The molecule has 2 aromatic heterocycles. The zero-order valence-electron chi connectivity index (χ0n) is 15.1. The number of nitrogens with zero attached hydrogens (tertiary/aromatic N) is 5. The van der Waals surface area contributed by atoms with Gasteiger partial charge in [0.1, 0.15) is 11.6 Å². The highest BCUT2D eigenvalue weighted by molar-refractivity contribution is 5.93. The maximum absolute atomic E-state index is 12.4. The summed E-state index contributed by atoms with van der Waals surface area (Å²) in [6.07, 6.45) is 3.87. The van der Waals surface area contributed by atoms with Gasteiger partial charge < -0.3 is 14.4 Å². The largest absolute Gasteiger partial charge is 0.360 e. The lowest BCUT2D eigenvalue weighted by atomic mass is 10.2. The highest BCUT2D eigenvalue weighted by atomic mass is 16.5. The zero-order chi connectivity index (χ0) is 17.8. The van der Waals surface area contributed by atoms with Crippen LogP contribution in [0.15, 0.2) is 23.0 Å². The number of anilines is 1. The molecule has 1 atom stereocenters. The lowest BCUT2D eigenvalue weighted by Crippen LogP contribution is -2.52. The first-order chi connectivity index (χ1) is 12.1. The number of hydrogen-bond donors (Lipinski definition) is 1. The van der Waals surface area contributed by atoms with E-state index in [2.05, 4.69) is 36.7 Å². The van der Waals surface area contributed by atoms with Gasteiger partial charge in [-0.25, -0.2) is 4.98 Å². The summed E-state index contributed by atoms with van der Waals surface area (Å²) in [5.74, 6) is 2.20. The van der Waals surface area contributed by atoms with Crippen molar-refractivity contribution in [3.8, 4) is 0 Å². The van der Waals surface area contributed by atoms with E-state index in [1.54, 1.807) is 13.0 Å². The van der Waals surface area contributed by atoms with Crippen molar-refractivity contribution in [2.75, 3.05) is 31.5 Å². The third kappa shape index (κ3) is 4.26. The lowest BCUT2D eigenvalue weighted by Gasteiger charge is -2.37. The van der Waals surface area contributed by atoms with E-state index < -0.39 is 0 Å². The van der Waals surface area contributed by atoms with E-state index in [-0.39, 0.29) is 11.9 Å². The van der Waals surface area contributed by atoms with Crippen LogP contribution in [0.25, 0.3) is 0 Å². The summed E-state index contributed by atoms with van der Waals surface area (Å²) in [5.41, 5.74) is 0. The number of piperazine rings is 1. The molecule has 0 aliphatic carbocycles. The number of nitrogens with one attached hydrogen (secondary N) is 1. The van der Waals surface area contributed by atoms with Gasteiger partial charge in [0.2, 0.25) is 5.91 Å². The third-order valence-corrected chi connectivity index (χ3v) is 4.72. The van der Waals surface area contributed by atoms with Gasteiger partial charge in [0.15, 0.2) is 5.82 Å². The fourth-order valence-electron chi connectivity index (χ4n) is 3.11. The van der Waals surface area contributed by atoms with E-state index in [0.717, 1.165) is 45.1 Å². The smallest absolute Gasteiger partial charge is 0.242 e. The molecule has 1 saturated heterocycles. The lowest BCUT2D eigenvalue weighted by molar-refractivity contribution is -0.121. The van der Waals surface area contributed by atoms with E-state index in [1.807, 2.05) is 19.3 Å². The minimum Gasteiger partial charge on any atom is -0.360 e. The summed E-state index contributed by atoms with van der Waals surface area (Å²) >= 11 is 0. The fraction of sp³-hybridized carbons (Fsp3) is 0.588. The van der Waals surface area contributed by atoms with Crippen LogP contribution in [-0.2, 0) is 17.9 Å². The first-order valence-electron chi connectivity index (χ1n) is 8.77. The van der Waals surface area contributed by atoms with Crippen LogP contribution in [-0.4, -0.2) is 62.6 Å². The Labute approximate surface area is 147 Å². The van der Waals surface area contributed by atoms with E-state index >= 15 is 0 Å². The second-order valence-electron chi connectivity index (χ2n) is 6.43. The molecule has 1 N–H and O–H groups in total. The molecule has 1 fully saturated rings. The van der Waals surface area contributed by atoms with Gasteiger partial charge in [0.25, 0.3) is 0 Å². The maximum atomic E-state index is 12.4. The summed E-state index contributed by atoms with van der Waals surface area (Å²) in [4.78, 5) is 21.4. The highest BCUT2D eigenvalue weighted by Gasteiger charge is 2.26. The monoisotopic (exact) mass is 346 g/mol. The second-order valence-corrected chi connectivity index (χ2v) is 6.43. The van der Waals surface area contributed by atoms with Crippen molar-refractivity contribution in [1.29, 1.82) is 0 Å². The molecule has 0 unspecified atom stereocenters. The van der Waals surface area contributed by atoms with Crippen molar-refractivity contribution in [1.82, 2.24) is 24.5 Å². The Morgan fingerprint density at radius 3 is 2.76 bits per heavy atom. The molecule has 0 spiro atoms. The van der Waals surface area contributed by atoms with E-state index in [9.17, 15) is 4.79 Å². The Kier molecular flexibility index (Phi) is 5.50. The van der Waals surface area contributed by atoms with Gasteiger partial charge in [-0.2, -0.15) is 0 Å². The Morgan fingerprint density at radius 2 is 2.12 bits per heavy atom. The molecule has 2 aromatic rings. The normalized spacial score (nSPS) is 17.6. The topological polar surface area (TPSA) is 79.4 Å². The molecular formula is C17H26N6O2. The molecule has 1 aliphatic heterocycles. The van der Waals surface area contributed by atoms with Crippen LogP contribution in [0, 0.1) is 6.92 Å². The minimum atomic E-state index is -0.197. The molecule has 0 aromatic carbocycles. The molecule has 8 heteroatoms. The molecule has 3 heterocycles. The van der Waals surface area contributed by atoms with E-state index in [0.29, 0.717) is 11.6 Å². The van der Waals surface area contributed by atoms with Crippen molar-refractivity contribution < 1.29 is 9.32 Å². The number of hydrogen-bond acceptors (Lipinski definition) is 6. The summed E-state index contributed by atoms with van der Waals surface area (Å²) in [5, 5.41) is 6.62. The molecule has 1 amide bonds. The second kappa shape index (κ2) is 7.79. The third-order valence-electron chi connectivity index (χ3n) is 4.72. The quantitative estimate of drug-likeness (QED) is 0.850. The number of imidazole rings is 1. The van der Waals surface area contributed by atoms with Crippen molar-refractivity contribution in [3.05, 3.63) is 30.0 Å². The van der Waals surface area contributed by atoms with Crippen molar-refractivity contribution in [3.63, 3.8) is 0 Å². The summed E-state index contributed by atoms with van der Waals surface area (Å²) in [7, 11) is 0. The average Bonchev–Trinajstić information content (AvgIpc) is 3.23. The Bertz CT molecular complexity index is 702. The molecule has 0 saturated carbocycles. The van der Waals surface area contributed by atoms with Gasteiger partial charge in [-0.05, 0) is 20.8 Å². The van der Waals surface area contributed by atoms with E-state index in [4.69, 9.17) is 4.52 Å². The standard InChI is InChI=1S/C17H26N6O2/c1-4-22-6-5-18-16(22)12-21-7-9-23(10-8-21)14(3)17(24)19-15-11-13(2)25-20-15/h5-6,11,14H,4,7-10,12H2,1-3H3,(H,19,20,24)/t14-/m1/s1. The number of aromatic nitrogens is 3. The number of carbonyl (C=O) groups excluding carboxylic acids is 1. The van der Waals surface area contributed by atoms with Crippen LogP contribution in [0.3, 0.4) is 0 Å². The number of carbonyl (C=O) groups is 1. The number of rotatable bonds is 6. The molecule has 25 heavy (non-hydrogen) atoms. The minimum absolute atomic E-state index is 0.0525. The molecule has 8 nitrogen and oxygen atoms in total. The Hall–Kier alpha value is -2.19. The van der Waals surface area contributed by atoms with Gasteiger partial charge in [-0.3, -0.25) is 14.6 Å². The predicted molar refractivity (Wildman–Crippen MR) is 94.1 cm³/mol. The Morgan fingerprint density at radius 1 is 1.36 bits per heavy atom. The van der Waals surface area contributed by atoms with Crippen LogP contribution < -0.4 is 5.32 Å². The van der Waals surface area contributed by atoms with Gasteiger partial charge in [0, 0.05) is 51.2 Å². The van der Waals surface area contributed by atoms with Crippen molar-refractivity contribution in [2.45, 2.75) is 39.9 Å². The molecule has 0 radical (unpaired) electrons.